The van der Waals surface area contributed by atoms with Crippen LogP contribution < -0.4 is 5.56 Å². The molecule has 4 heterocycles. The standard InChI is InChI=1S/C25H25N3O3S2/c1-14-10-16(3)19(11-15(14)2)20(29)13-32-25-27-21-18-7-4-8-26-23(18)33-22(21)24(30)28(25)12-17-6-5-9-31-17/h4,7-8,10-11,17H,5-6,9,12-13H2,1-3H3/t17-/m0/s1. The molecular formula is C25H25N3O3S2. The Morgan fingerprint density at radius 2 is 2.06 bits per heavy atom. The predicted octanol–water partition coefficient (Wildman–Crippen LogP) is 5.09. The molecule has 170 valence electrons. The van der Waals surface area contributed by atoms with Gasteiger partial charge in [-0.1, -0.05) is 17.8 Å². The number of thiophene rings is 1. The number of aryl methyl sites for hydroxylation is 3. The molecule has 6 nitrogen and oxygen atoms in total. The number of ketones is 1. The molecule has 8 heteroatoms. The lowest BCUT2D eigenvalue weighted by atomic mass is 9.99. The Kier molecular flexibility index (Phi) is 6.07. The summed E-state index contributed by atoms with van der Waals surface area (Å²) in [5.74, 6) is 0.253. The van der Waals surface area contributed by atoms with Crippen LogP contribution in [0.5, 0.6) is 0 Å². The van der Waals surface area contributed by atoms with E-state index in [0.29, 0.717) is 21.9 Å². The van der Waals surface area contributed by atoms with Crippen molar-refractivity contribution in [3.05, 3.63) is 63.1 Å². The normalized spacial score (nSPS) is 16.2. The molecule has 1 atom stereocenters. The number of hydrogen-bond acceptors (Lipinski definition) is 7. The van der Waals surface area contributed by atoms with E-state index in [-0.39, 0.29) is 23.2 Å². The first-order valence-corrected chi connectivity index (χ1v) is 12.9. The molecule has 1 aliphatic heterocycles. The van der Waals surface area contributed by atoms with E-state index < -0.39 is 0 Å². The van der Waals surface area contributed by atoms with Crippen molar-refractivity contribution in [1.82, 2.24) is 14.5 Å². The molecule has 0 spiro atoms. The molecule has 1 aliphatic rings. The van der Waals surface area contributed by atoms with Crippen molar-refractivity contribution in [1.29, 1.82) is 0 Å². The third-order valence-electron chi connectivity index (χ3n) is 6.20. The van der Waals surface area contributed by atoms with Gasteiger partial charge in [0.15, 0.2) is 10.9 Å². The van der Waals surface area contributed by atoms with Gasteiger partial charge in [-0.25, -0.2) is 9.97 Å². The van der Waals surface area contributed by atoms with Crippen LogP contribution in [0.25, 0.3) is 20.4 Å². The number of pyridine rings is 1. The van der Waals surface area contributed by atoms with Crippen LogP contribution in [-0.4, -0.2) is 38.8 Å². The number of fused-ring (bicyclic) bond motifs is 3. The molecule has 0 amide bonds. The van der Waals surface area contributed by atoms with Crippen LogP contribution in [-0.2, 0) is 11.3 Å². The van der Waals surface area contributed by atoms with Crippen molar-refractivity contribution in [2.24, 2.45) is 0 Å². The van der Waals surface area contributed by atoms with E-state index in [2.05, 4.69) is 11.1 Å². The highest BCUT2D eigenvalue weighted by Crippen LogP contribution is 2.31. The van der Waals surface area contributed by atoms with Crippen LogP contribution in [0.4, 0.5) is 0 Å². The molecule has 0 aliphatic carbocycles. The Hall–Kier alpha value is -2.55. The van der Waals surface area contributed by atoms with Gasteiger partial charge in [-0.3, -0.25) is 14.2 Å². The van der Waals surface area contributed by atoms with Crippen LogP contribution in [0, 0.1) is 20.8 Å². The SMILES string of the molecule is Cc1cc(C)c(C(=O)CSc2nc3c(sc4ncccc43)c(=O)n2C[C@@H]2CCCO2)cc1C. The van der Waals surface area contributed by atoms with Crippen molar-refractivity contribution in [3.63, 3.8) is 0 Å². The Labute approximate surface area is 200 Å². The maximum Gasteiger partial charge on any atom is 0.272 e. The molecule has 0 N–H and O–H groups in total. The third-order valence-corrected chi connectivity index (χ3v) is 8.27. The topological polar surface area (TPSA) is 74.1 Å². The fourth-order valence-electron chi connectivity index (χ4n) is 4.27. The molecule has 1 aromatic carbocycles. The molecule has 0 saturated carbocycles. The molecule has 1 saturated heterocycles. The zero-order valence-corrected chi connectivity index (χ0v) is 20.5. The molecule has 33 heavy (non-hydrogen) atoms. The molecule has 1 fully saturated rings. The summed E-state index contributed by atoms with van der Waals surface area (Å²) >= 11 is 2.70. The molecule has 4 aromatic rings. The number of benzene rings is 1. The predicted molar refractivity (Wildman–Crippen MR) is 134 cm³/mol. The highest BCUT2D eigenvalue weighted by molar-refractivity contribution is 7.99. The van der Waals surface area contributed by atoms with Crippen molar-refractivity contribution in [2.75, 3.05) is 12.4 Å². The van der Waals surface area contributed by atoms with Crippen LogP contribution in [0.3, 0.4) is 0 Å². The molecule has 0 radical (unpaired) electrons. The summed E-state index contributed by atoms with van der Waals surface area (Å²) in [5.41, 5.74) is 4.54. The van der Waals surface area contributed by atoms with Gasteiger partial charge in [-0.05, 0) is 68.5 Å². The Morgan fingerprint density at radius 3 is 2.85 bits per heavy atom. The number of Topliss-reactive ketones (excluding diaryl/α,β-unsaturated/α-hetero) is 1. The first-order chi connectivity index (χ1) is 15.9. The number of hydrogen-bond donors (Lipinski definition) is 0. The van der Waals surface area contributed by atoms with E-state index >= 15 is 0 Å². The maximum absolute atomic E-state index is 13.5. The van der Waals surface area contributed by atoms with E-state index in [1.807, 2.05) is 39.0 Å². The monoisotopic (exact) mass is 479 g/mol. The van der Waals surface area contributed by atoms with E-state index in [0.717, 1.165) is 46.4 Å². The Bertz CT molecular complexity index is 1430. The largest absolute Gasteiger partial charge is 0.376 e. The number of nitrogens with zero attached hydrogens (tertiary/aromatic N) is 3. The minimum absolute atomic E-state index is 0.00787. The smallest absolute Gasteiger partial charge is 0.272 e. The highest BCUT2D eigenvalue weighted by Gasteiger charge is 2.23. The van der Waals surface area contributed by atoms with Crippen LogP contribution in [0.2, 0.25) is 0 Å². The zero-order valence-electron chi connectivity index (χ0n) is 18.9. The summed E-state index contributed by atoms with van der Waals surface area (Å²) in [6, 6.07) is 7.81. The van der Waals surface area contributed by atoms with Crippen LogP contribution in [0.15, 0.2) is 40.4 Å². The van der Waals surface area contributed by atoms with Gasteiger partial charge in [0.2, 0.25) is 0 Å². The maximum atomic E-state index is 13.5. The van der Waals surface area contributed by atoms with E-state index in [1.54, 1.807) is 10.8 Å². The van der Waals surface area contributed by atoms with Gasteiger partial charge < -0.3 is 4.74 Å². The van der Waals surface area contributed by atoms with Crippen molar-refractivity contribution in [2.45, 2.75) is 51.4 Å². The zero-order chi connectivity index (χ0) is 23.1. The number of carbonyl (C=O) groups excluding carboxylic acids is 1. The second-order valence-electron chi connectivity index (χ2n) is 8.54. The molecule has 0 bridgehead atoms. The molecular weight excluding hydrogens is 454 g/mol. The van der Waals surface area contributed by atoms with Gasteiger partial charge in [-0.15, -0.1) is 11.3 Å². The summed E-state index contributed by atoms with van der Waals surface area (Å²) in [7, 11) is 0. The van der Waals surface area contributed by atoms with E-state index in [1.165, 1.54) is 28.7 Å². The fraction of sp³-hybridized carbons (Fsp3) is 0.360. The summed E-state index contributed by atoms with van der Waals surface area (Å²) in [6.07, 6.45) is 3.63. The second kappa shape index (κ2) is 9.00. The molecule has 0 unspecified atom stereocenters. The van der Waals surface area contributed by atoms with Gasteiger partial charge in [-0.2, -0.15) is 0 Å². The number of aromatic nitrogens is 3. The average Bonchev–Trinajstić information content (AvgIpc) is 3.44. The minimum Gasteiger partial charge on any atom is -0.376 e. The fourth-order valence-corrected chi connectivity index (χ4v) is 6.19. The lowest BCUT2D eigenvalue weighted by molar-refractivity contribution is 0.0938. The highest BCUT2D eigenvalue weighted by atomic mass is 32.2. The molecule has 3 aromatic heterocycles. The van der Waals surface area contributed by atoms with Crippen LogP contribution >= 0.6 is 23.1 Å². The van der Waals surface area contributed by atoms with Gasteiger partial charge in [0, 0.05) is 23.8 Å². The summed E-state index contributed by atoms with van der Waals surface area (Å²) in [4.78, 5) is 36.7. The number of rotatable bonds is 6. The van der Waals surface area contributed by atoms with Gasteiger partial charge in [0.1, 0.15) is 9.53 Å². The second-order valence-corrected chi connectivity index (χ2v) is 10.5. The quantitative estimate of drug-likeness (QED) is 0.218. The van der Waals surface area contributed by atoms with Gasteiger partial charge in [0.05, 0.1) is 23.9 Å². The summed E-state index contributed by atoms with van der Waals surface area (Å²) in [6.45, 7) is 7.20. The Balaban J connectivity index is 1.54. The third kappa shape index (κ3) is 4.23. The minimum atomic E-state index is -0.0872. The number of ether oxygens (including phenoxy) is 1. The molecule has 5 rings (SSSR count). The van der Waals surface area contributed by atoms with Crippen LogP contribution in [0.1, 0.15) is 39.9 Å². The number of carbonyl (C=O) groups is 1. The van der Waals surface area contributed by atoms with Gasteiger partial charge in [0.25, 0.3) is 5.56 Å². The lowest BCUT2D eigenvalue weighted by Gasteiger charge is -2.16. The lowest BCUT2D eigenvalue weighted by Crippen LogP contribution is -2.28. The van der Waals surface area contributed by atoms with E-state index in [9.17, 15) is 9.59 Å². The first-order valence-electron chi connectivity index (χ1n) is 11.1. The Morgan fingerprint density at radius 1 is 1.24 bits per heavy atom. The summed E-state index contributed by atoms with van der Waals surface area (Å²) < 4.78 is 8.09. The van der Waals surface area contributed by atoms with Gasteiger partial charge >= 0.3 is 0 Å². The average molecular weight is 480 g/mol. The number of thioether (sulfide) groups is 1. The van der Waals surface area contributed by atoms with E-state index in [4.69, 9.17) is 9.72 Å². The van der Waals surface area contributed by atoms with Crippen molar-refractivity contribution >= 4 is 49.3 Å². The first kappa shape index (κ1) is 22.3. The van der Waals surface area contributed by atoms with Crippen molar-refractivity contribution < 1.29 is 9.53 Å². The summed E-state index contributed by atoms with van der Waals surface area (Å²) in [5, 5.41) is 1.43. The van der Waals surface area contributed by atoms with Crippen molar-refractivity contribution in [3.8, 4) is 0 Å².